The third kappa shape index (κ3) is 2.10. The van der Waals surface area contributed by atoms with Crippen molar-refractivity contribution in [2.24, 2.45) is 5.73 Å². The summed E-state index contributed by atoms with van der Waals surface area (Å²) in [7, 11) is 1.67. The third-order valence-corrected chi connectivity index (χ3v) is 2.54. The zero-order chi connectivity index (χ0) is 9.14. The Morgan fingerprint density at radius 3 is 2.58 bits per heavy atom. The predicted molar refractivity (Wildman–Crippen MR) is 58.3 cm³/mol. The van der Waals surface area contributed by atoms with Gasteiger partial charge in [-0.15, -0.1) is 0 Å². The van der Waals surface area contributed by atoms with Gasteiger partial charge in [-0.1, -0.05) is 6.07 Å². The molecular weight excluding hydrogens is 265 g/mol. The molecule has 0 spiro atoms. The maximum Gasteiger partial charge on any atom is 0.132 e. The number of hydrogen-bond donors (Lipinski definition) is 1. The van der Waals surface area contributed by atoms with Crippen LogP contribution in [-0.4, -0.2) is 7.11 Å². The van der Waals surface area contributed by atoms with E-state index in [1.54, 1.807) is 7.11 Å². The normalized spacial score (nSPS) is 12.7. The van der Waals surface area contributed by atoms with Crippen LogP contribution in [0.15, 0.2) is 18.2 Å². The van der Waals surface area contributed by atoms with Gasteiger partial charge in [0.1, 0.15) is 5.75 Å². The van der Waals surface area contributed by atoms with E-state index in [4.69, 9.17) is 10.5 Å². The van der Waals surface area contributed by atoms with Crippen molar-refractivity contribution in [3.05, 3.63) is 27.3 Å². The van der Waals surface area contributed by atoms with Crippen molar-refractivity contribution in [3.8, 4) is 5.75 Å². The molecule has 0 bridgehead atoms. The molecule has 2 nitrogen and oxygen atoms in total. The predicted octanol–water partition coefficient (Wildman–Crippen LogP) is 2.32. The van der Waals surface area contributed by atoms with Crippen LogP contribution in [-0.2, 0) is 0 Å². The molecular formula is C9H12INO. The summed E-state index contributed by atoms with van der Waals surface area (Å²) in [6, 6.07) is 6.07. The van der Waals surface area contributed by atoms with Crippen molar-refractivity contribution in [2.45, 2.75) is 13.0 Å². The number of benzene rings is 1. The van der Waals surface area contributed by atoms with Crippen molar-refractivity contribution in [2.75, 3.05) is 7.11 Å². The zero-order valence-corrected chi connectivity index (χ0v) is 9.33. The number of ether oxygens (including phenoxy) is 1. The van der Waals surface area contributed by atoms with Crippen molar-refractivity contribution in [1.82, 2.24) is 0 Å². The van der Waals surface area contributed by atoms with E-state index in [1.807, 2.05) is 25.1 Å². The number of rotatable bonds is 2. The molecule has 0 radical (unpaired) electrons. The van der Waals surface area contributed by atoms with Gasteiger partial charge < -0.3 is 10.5 Å². The van der Waals surface area contributed by atoms with Crippen LogP contribution >= 0.6 is 22.6 Å². The van der Waals surface area contributed by atoms with E-state index < -0.39 is 0 Å². The molecule has 1 aromatic carbocycles. The van der Waals surface area contributed by atoms with Gasteiger partial charge in [0.25, 0.3) is 0 Å². The fraction of sp³-hybridized carbons (Fsp3) is 0.333. The van der Waals surface area contributed by atoms with E-state index in [1.165, 1.54) is 0 Å². The Labute approximate surface area is 86.2 Å². The molecule has 3 heteroatoms. The highest BCUT2D eigenvalue weighted by Crippen LogP contribution is 2.23. The molecule has 1 aromatic rings. The molecule has 0 aliphatic rings. The lowest BCUT2D eigenvalue weighted by Crippen LogP contribution is -2.05. The highest BCUT2D eigenvalue weighted by molar-refractivity contribution is 14.1. The Hall–Kier alpha value is -0.290. The Kier molecular flexibility index (Phi) is 3.34. The average molecular weight is 277 g/mol. The molecule has 66 valence electrons. The van der Waals surface area contributed by atoms with Crippen molar-refractivity contribution in [1.29, 1.82) is 0 Å². The summed E-state index contributed by atoms with van der Waals surface area (Å²) >= 11 is 2.24. The molecule has 0 aromatic heterocycles. The molecule has 0 amide bonds. The maximum absolute atomic E-state index is 5.73. The third-order valence-electron chi connectivity index (χ3n) is 1.70. The topological polar surface area (TPSA) is 35.2 Å². The summed E-state index contributed by atoms with van der Waals surface area (Å²) in [5.41, 5.74) is 6.87. The van der Waals surface area contributed by atoms with Gasteiger partial charge in [0, 0.05) is 6.04 Å². The highest BCUT2D eigenvalue weighted by Gasteiger charge is 2.03. The Bertz CT molecular complexity index is 273. The highest BCUT2D eigenvalue weighted by atomic mass is 127. The first kappa shape index (κ1) is 9.80. The van der Waals surface area contributed by atoms with Crippen LogP contribution in [0.1, 0.15) is 18.5 Å². The molecule has 0 heterocycles. The first-order chi connectivity index (χ1) is 5.65. The van der Waals surface area contributed by atoms with Crippen LogP contribution in [0.4, 0.5) is 0 Å². The van der Waals surface area contributed by atoms with Gasteiger partial charge in [0.05, 0.1) is 10.7 Å². The molecule has 0 saturated carbocycles. The molecule has 1 rings (SSSR count). The summed E-state index contributed by atoms with van der Waals surface area (Å²) in [6.45, 7) is 1.97. The lowest BCUT2D eigenvalue weighted by atomic mass is 10.1. The van der Waals surface area contributed by atoms with Crippen molar-refractivity contribution in [3.63, 3.8) is 0 Å². The summed E-state index contributed by atoms with van der Waals surface area (Å²) in [5, 5.41) is 0. The van der Waals surface area contributed by atoms with Gasteiger partial charge >= 0.3 is 0 Å². The van der Waals surface area contributed by atoms with Crippen LogP contribution in [0.25, 0.3) is 0 Å². The minimum Gasteiger partial charge on any atom is -0.496 e. The van der Waals surface area contributed by atoms with E-state index in [0.29, 0.717) is 0 Å². The zero-order valence-electron chi connectivity index (χ0n) is 7.17. The Morgan fingerprint density at radius 1 is 1.50 bits per heavy atom. The van der Waals surface area contributed by atoms with E-state index in [0.717, 1.165) is 14.9 Å². The van der Waals surface area contributed by atoms with E-state index in [-0.39, 0.29) is 6.04 Å². The molecule has 12 heavy (non-hydrogen) atoms. The quantitative estimate of drug-likeness (QED) is 0.842. The van der Waals surface area contributed by atoms with Crippen molar-refractivity contribution >= 4 is 22.6 Å². The number of nitrogens with two attached hydrogens (primary N) is 1. The van der Waals surface area contributed by atoms with Crippen LogP contribution < -0.4 is 10.5 Å². The molecule has 2 N–H and O–H groups in total. The smallest absolute Gasteiger partial charge is 0.132 e. The maximum atomic E-state index is 5.73. The van der Waals surface area contributed by atoms with Gasteiger partial charge in [-0.25, -0.2) is 0 Å². The van der Waals surface area contributed by atoms with E-state index >= 15 is 0 Å². The van der Waals surface area contributed by atoms with Gasteiger partial charge in [-0.3, -0.25) is 0 Å². The summed E-state index contributed by atoms with van der Waals surface area (Å²) in [4.78, 5) is 0. The fourth-order valence-corrected chi connectivity index (χ4v) is 1.73. The molecule has 1 atom stereocenters. The Balaban J connectivity index is 3.02. The van der Waals surface area contributed by atoms with Crippen LogP contribution in [0.3, 0.4) is 0 Å². The standard InChI is InChI=1S/C9H12INO/c1-6(11)7-3-4-9(12-2)8(10)5-7/h3-6H,11H2,1-2H3/t6-/m0/s1. The van der Waals surface area contributed by atoms with Crippen molar-refractivity contribution < 1.29 is 4.74 Å². The van der Waals surface area contributed by atoms with Gasteiger partial charge in [0.2, 0.25) is 0 Å². The molecule has 0 aliphatic heterocycles. The fourth-order valence-electron chi connectivity index (χ4n) is 0.966. The molecule has 0 fully saturated rings. The van der Waals surface area contributed by atoms with Crippen LogP contribution in [0.5, 0.6) is 5.75 Å². The summed E-state index contributed by atoms with van der Waals surface area (Å²) in [6.07, 6.45) is 0. The van der Waals surface area contributed by atoms with Crippen LogP contribution in [0.2, 0.25) is 0 Å². The molecule has 0 saturated heterocycles. The lowest BCUT2D eigenvalue weighted by molar-refractivity contribution is 0.411. The van der Waals surface area contributed by atoms with Gasteiger partial charge in [-0.05, 0) is 47.2 Å². The summed E-state index contributed by atoms with van der Waals surface area (Å²) in [5.74, 6) is 0.903. The molecule has 0 aliphatic carbocycles. The second-order valence-electron chi connectivity index (χ2n) is 2.68. The minimum absolute atomic E-state index is 0.0874. The molecule has 0 unspecified atom stereocenters. The Morgan fingerprint density at radius 2 is 2.17 bits per heavy atom. The first-order valence-electron chi connectivity index (χ1n) is 3.74. The van der Waals surface area contributed by atoms with Gasteiger partial charge in [0.15, 0.2) is 0 Å². The number of hydrogen-bond acceptors (Lipinski definition) is 2. The second kappa shape index (κ2) is 4.09. The number of halogens is 1. The minimum atomic E-state index is 0.0874. The van der Waals surface area contributed by atoms with E-state index in [2.05, 4.69) is 22.6 Å². The van der Waals surface area contributed by atoms with E-state index in [9.17, 15) is 0 Å². The average Bonchev–Trinajstić information content (AvgIpc) is 2.04. The monoisotopic (exact) mass is 277 g/mol. The summed E-state index contributed by atoms with van der Waals surface area (Å²) < 4.78 is 6.23. The largest absolute Gasteiger partial charge is 0.496 e. The van der Waals surface area contributed by atoms with Crippen LogP contribution in [0, 0.1) is 3.57 Å². The lowest BCUT2D eigenvalue weighted by Gasteiger charge is -2.08. The van der Waals surface area contributed by atoms with Gasteiger partial charge in [-0.2, -0.15) is 0 Å². The first-order valence-corrected chi connectivity index (χ1v) is 4.82. The number of methoxy groups -OCH3 is 1. The SMILES string of the molecule is COc1ccc([C@H](C)N)cc1I. The second-order valence-corrected chi connectivity index (χ2v) is 3.84.